The molecule has 0 saturated carbocycles. The highest BCUT2D eigenvalue weighted by Gasteiger charge is 2.11. The number of nitrogens with two attached hydrogens (primary N) is 1. The average molecular weight is 249 g/mol. The van der Waals surface area contributed by atoms with Crippen molar-refractivity contribution in [3.8, 4) is 0 Å². The Morgan fingerprint density at radius 1 is 1.44 bits per heavy atom. The van der Waals surface area contributed by atoms with Crippen molar-refractivity contribution in [1.29, 1.82) is 0 Å². The molecular weight excluding hydrogens is 230 g/mol. The second-order valence-electron chi connectivity index (χ2n) is 4.02. The second kappa shape index (κ2) is 5.79. The van der Waals surface area contributed by atoms with Crippen LogP contribution in [-0.4, -0.2) is 41.3 Å². The smallest absolute Gasteiger partial charge is 0.179 e. The van der Waals surface area contributed by atoms with Gasteiger partial charge in [-0.15, -0.1) is 0 Å². The van der Waals surface area contributed by atoms with Crippen molar-refractivity contribution in [2.75, 3.05) is 25.5 Å². The number of hydrogen-bond acceptors (Lipinski definition) is 5. The number of nitrogens with zero attached hydrogens (tertiary/aromatic N) is 2. The van der Waals surface area contributed by atoms with Crippen molar-refractivity contribution in [3.05, 3.63) is 18.0 Å². The number of hydrogen-bond donors (Lipinski definition) is 3. The number of rotatable bonds is 6. The van der Waals surface area contributed by atoms with Crippen LogP contribution in [0.5, 0.6) is 0 Å². The van der Waals surface area contributed by atoms with Crippen molar-refractivity contribution < 1.29 is 4.74 Å². The Bertz CT molecular complexity index is 510. The van der Waals surface area contributed by atoms with Crippen LogP contribution in [0, 0.1) is 0 Å². The van der Waals surface area contributed by atoms with Gasteiger partial charge in [-0.3, -0.25) is 0 Å². The van der Waals surface area contributed by atoms with Gasteiger partial charge in [0.15, 0.2) is 5.65 Å². The van der Waals surface area contributed by atoms with Crippen LogP contribution in [0.1, 0.15) is 12.7 Å². The maximum absolute atomic E-state index is 5.65. The van der Waals surface area contributed by atoms with Crippen LogP contribution in [0.25, 0.3) is 11.2 Å². The molecule has 0 radical (unpaired) electrons. The molecule has 0 bridgehead atoms. The highest BCUT2D eigenvalue weighted by Crippen LogP contribution is 2.13. The van der Waals surface area contributed by atoms with E-state index < -0.39 is 0 Å². The summed E-state index contributed by atoms with van der Waals surface area (Å²) >= 11 is 0. The Hall–Kier alpha value is -1.66. The molecule has 18 heavy (non-hydrogen) atoms. The van der Waals surface area contributed by atoms with E-state index in [1.807, 2.05) is 26.1 Å². The monoisotopic (exact) mass is 249 g/mol. The predicted octanol–water partition coefficient (Wildman–Crippen LogP) is 0.906. The number of fused-ring (bicyclic) bond motifs is 1. The first kappa shape index (κ1) is 12.8. The summed E-state index contributed by atoms with van der Waals surface area (Å²) in [6, 6.07) is 3.87. The van der Waals surface area contributed by atoms with E-state index in [4.69, 9.17) is 10.5 Å². The fourth-order valence-corrected chi connectivity index (χ4v) is 1.84. The minimum absolute atomic E-state index is 0.000618. The van der Waals surface area contributed by atoms with E-state index in [-0.39, 0.29) is 6.10 Å². The Balaban J connectivity index is 2.18. The van der Waals surface area contributed by atoms with E-state index in [1.165, 1.54) is 0 Å². The summed E-state index contributed by atoms with van der Waals surface area (Å²) in [6.45, 7) is 3.10. The zero-order valence-corrected chi connectivity index (χ0v) is 10.7. The van der Waals surface area contributed by atoms with Gasteiger partial charge >= 0.3 is 0 Å². The van der Waals surface area contributed by atoms with Crippen LogP contribution in [0.3, 0.4) is 0 Å². The number of nitrogens with one attached hydrogen (secondary N) is 2. The van der Waals surface area contributed by atoms with Crippen molar-refractivity contribution in [1.82, 2.24) is 15.0 Å². The standard InChI is InChI=1S/C12H19N5O/c1-3-18-8(7-13)6-11-15-9-4-5-10(14-2)16-12(9)17-11/h4-5,8H,3,6-7,13H2,1-2H3,(H2,14,15,16,17). The molecule has 0 fully saturated rings. The summed E-state index contributed by atoms with van der Waals surface area (Å²) in [7, 11) is 1.83. The quantitative estimate of drug-likeness (QED) is 0.708. The molecule has 98 valence electrons. The van der Waals surface area contributed by atoms with Crippen molar-refractivity contribution in [2.45, 2.75) is 19.4 Å². The number of anilines is 1. The maximum Gasteiger partial charge on any atom is 0.179 e. The van der Waals surface area contributed by atoms with Gasteiger partial charge in [-0.25, -0.2) is 9.97 Å². The van der Waals surface area contributed by atoms with Gasteiger partial charge in [0.1, 0.15) is 11.6 Å². The number of H-pyrrole nitrogens is 1. The Morgan fingerprint density at radius 2 is 2.28 bits per heavy atom. The highest BCUT2D eigenvalue weighted by molar-refractivity contribution is 5.72. The number of pyridine rings is 1. The summed E-state index contributed by atoms with van der Waals surface area (Å²) < 4.78 is 5.52. The number of aromatic nitrogens is 3. The third-order valence-corrected chi connectivity index (χ3v) is 2.74. The number of aromatic amines is 1. The van der Waals surface area contributed by atoms with Gasteiger partial charge in [0, 0.05) is 26.6 Å². The molecule has 2 aromatic heterocycles. The molecule has 0 amide bonds. The van der Waals surface area contributed by atoms with Crippen LogP contribution in [-0.2, 0) is 11.2 Å². The molecule has 0 aliphatic rings. The molecule has 0 aliphatic carbocycles. The molecule has 1 atom stereocenters. The summed E-state index contributed by atoms with van der Waals surface area (Å²) in [5.41, 5.74) is 7.29. The topological polar surface area (TPSA) is 88.8 Å². The van der Waals surface area contributed by atoms with E-state index in [9.17, 15) is 0 Å². The SMILES string of the molecule is CCOC(CN)Cc1nc2nc(NC)ccc2[nH]1. The molecule has 0 aromatic carbocycles. The molecule has 6 nitrogen and oxygen atoms in total. The molecule has 6 heteroatoms. The third kappa shape index (κ3) is 2.77. The Kier molecular flexibility index (Phi) is 4.11. The molecule has 0 saturated heterocycles. The van der Waals surface area contributed by atoms with Crippen LogP contribution >= 0.6 is 0 Å². The summed E-state index contributed by atoms with van der Waals surface area (Å²) in [6.07, 6.45) is 0.676. The first-order chi connectivity index (χ1) is 8.76. The first-order valence-corrected chi connectivity index (χ1v) is 6.11. The largest absolute Gasteiger partial charge is 0.377 e. The highest BCUT2D eigenvalue weighted by atomic mass is 16.5. The Labute approximate surface area is 106 Å². The van der Waals surface area contributed by atoms with E-state index in [0.717, 1.165) is 17.2 Å². The van der Waals surface area contributed by atoms with Gasteiger partial charge in [-0.2, -0.15) is 0 Å². The zero-order chi connectivity index (χ0) is 13.0. The minimum Gasteiger partial charge on any atom is -0.377 e. The van der Waals surface area contributed by atoms with E-state index in [1.54, 1.807) is 0 Å². The molecule has 4 N–H and O–H groups in total. The molecular formula is C12H19N5O. The number of imidazole rings is 1. The summed E-state index contributed by atoms with van der Waals surface area (Å²) in [4.78, 5) is 12.1. The lowest BCUT2D eigenvalue weighted by molar-refractivity contribution is 0.0682. The van der Waals surface area contributed by atoms with Gasteiger partial charge in [-0.1, -0.05) is 0 Å². The lowest BCUT2D eigenvalue weighted by atomic mass is 10.2. The molecule has 0 spiro atoms. The number of ether oxygens (including phenoxy) is 1. The lowest BCUT2D eigenvalue weighted by Gasteiger charge is -2.12. The lowest BCUT2D eigenvalue weighted by Crippen LogP contribution is -2.26. The van der Waals surface area contributed by atoms with Crippen LogP contribution in [0.2, 0.25) is 0 Å². The predicted molar refractivity (Wildman–Crippen MR) is 71.6 cm³/mol. The zero-order valence-electron chi connectivity index (χ0n) is 10.7. The fraction of sp³-hybridized carbons (Fsp3) is 0.500. The third-order valence-electron chi connectivity index (χ3n) is 2.74. The van der Waals surface area contributed by atoms with Crippen LogP contribution in [0.4, 0.5) is 5.82 Å². The van der Waals surface area contributed by atoms with Gasteiger partial charge in [0.25, 0.3) is 0 Å². The average Bonchev–Trinajstić information content (AvgIpc) is 2.79. The van der Waals surface area contributed by atoms with Crippen LogP contribution < -0.4 is 11.1 Å². The first-order valence-electron chi connectivity index (χ1n) is 6.11. The Morgan fingerprint density at radius 3 is 2.94 bits per heavy atom. The molecule has 1 unspecified atom stereocenters. The summed E-state index contributed by atoms with van der Waals surface area (Å²) in [5.74, 6) is 1.66. The van der Waals surface area contributed by atoms with Crippen molar-refractivity contribution in [2.24, 2.45) is 5.73 Å². The van der Waals surface area contributed by atoms with Crippen molar-refractivity contribution >= 4 is 17.0 Å². The normalized spacial score (nSPS) is 12.8. The van der Waals surface area contributed by atoms with E-state index >= 15 is 0 Å². The fourth-order valence-electron chi connectivity index (χ4n) is 1.84. The van der Waals surface area contributed by atoms with Gasteiger partial charge < -0.3 is 20.8 Å². The van der Waals surface area contributed by atoms with E-state index in [0.29, 0.717) is 25.2 Å². The minimum atomic E-state index is -0.000618. The van der Waals surface area contributed by atoms with E-state index in [2.05, 4.69) is 20.3 Å². The van der Waals surface area contributed by atoms with Gasteiger partial charge in [0.2, 0.25) is 0 Å². The van der Waals surface area contributed by atoms with Crippen LogP contribution in [0.15, 0.2) is 12.1 Å². The van der Waals surface area contributed by atoms with Gasteiger partial charge in [-0.05, 0) is 19.1 Å². The molecule has 0 aliphatic heterocycles. The summed E-state index contributed by atoms with van der Waals surface area (Å²) in [5, 5.41) is 2.99. The van der Waals surface area contributed by atoms with Gasteiger partial charge in [0.05, 0.1) is 11.6 Å². The van der Waals surface area contributed by atoms with Crippen molar-refractivity contribution in [3.63, 3.8) is 0 Å². The molecule has 2 aromatic rings. The maximum atomic E-state index is 5.65. The molecule has 2 rings (SSSR count). The second-order valence-corrected chi connectivity index (χ2v) is 4.02. The molecule has 2 heterocycles.